The lowest BCUT2D eigenvalue weighted by Gasteiger charge is -2.43. The second kappa shape index (κ2) is 11.1. The Morgan fingerprint density at radius 3 is 2.02 bits per heavy atom. The van der Waals surface area contributed by atoms with E-state index in [1.807, 2.05) is 0 Å². The molecule has 0 radical (unpaired) electrons. The predicted octanol–water partition coefficient (Wildman–Crippen LogP) is -1.74. The molecule has 3 heterocycles. The molecule has 222 valence electrons. The van der Waals surface area contributed by atoms with Gasteiger partial charge in [0.1, 0.15) is 71.5 Å². The smallest absolute Gasteiger partial charge is 0.197 e. The van der Waals surface area contributed by atoms with Gasteiger partial charge in [0, 0.05) is 17.7 Å². The largest absolute Gasteiger partial charge is 0.507 e. The Morgan fingerprint density at radius 1 is 0.732 bits per heavy atom. The molecule has 1 aromatic heterocycles. The van der Waals surface area contributed by atoms with Gasteiger partial charge in [-0.1, -0.05) is 0 Å². The van der Waals surface area contributed by atoms with Gasteiger partial charge in [0.25, 0.3) is 0 Å². The number of phenolic OH excluding ortho intramolecular Hbond substituents is 4. The molecule has 15 heteroatoms. The molecule has 0 amide bonds. The Morgan fingerprint density at radius 2 is 1.39 bits per heavy atom. The first kappa shape index (κ1) is 29.0. The molecule has 10 N–H and O–H groups in total. The van der Waals surface area contributed by atoms with Crippen molar-refractivity contribution in [2.75, 3.05) is 13.2 Å². The number of fused-ring (bicyclic) bond motifs is 1. The van der Waals surface area contributed by atoms with Crippen molar-refractivity contribution in [3.63, 3.8) is 0 Å². The predicted molar refractivity (Wildman–Crippen MR) is 134 cm³/mol. The van der Waals surface area contributed by atoms with Crippen molar-refractivity contribution in [2.45, 2.75) is 55.1 Å². The summed E-state index contributed by atoms with van der Waals surface area (Å²) in [5.74, 6) is -2.57. The Bertz CT molecular complexity index is 1490. The Hall–Kier alpha value is -3.51. The number of rotatable bonds is 6. The standard InChI is InChI=1S/C26H28O15/c27-6-15-19(34)21(36)25(41-26-22(37)20(35)16(7-28)40-26)24(39-15)18-12(32)4-11(31)17-13(33)5-14(38-23(17)18)8-1-2-9(29)10(30)3-8/h1-5,15-16,19-22,24-32,34-37H,6-7H2/t15-,16-,19-,20-,21+,22+,24?,25-,26?/m1/s1. The van der Waals surface area contributed by atoms with Gasteiger partial charge in [0.15, 0.2) is 28.8 Å². The van der Waals surface area contributed by atoms with E-state index in [1.165, 1.54) is 6.07 Å². The first-order valence-corrected chi connectivity index (χ1v) is 12.4. The third-order valence-electron chi connectivity index (χ3n) is 7.20. The molecule has 9 atom stereocenters. The lowest BCUT2D eigenvalue weighted by molar-refractivity contribution is -0.289. The molecule has 0 spiro atoms. The highest BCUT2D eigenvalue weighted by Crippen LogP contribution is 2.45. The number of ether oxygens (including phenoxy) is 3. The van der Waals surface area contributed by atoms with Crippen LogP contribution in [-0.2, 0) is 14.2 Å². The molecule has 0 bridgehead atoms. The average molecular weight is 580 g/mol. The number of aliphatic hydroxyl groups excluding tert-OH is 6. The Kier molecular flexibility index (Phi) is 7.82. The molecule has 41 heavy (non-hydrogen) atoms. The molecule has 2 saturated heterocycles. The lowest BCUT2D eigenvalue weighted by Crippen LogP contribution is -2.57. The number of aliphatic hydroxyl groups is 6. The normalized spacial score (nSPS) is 32.0. The maximum absolute atomic E-state index is 13.1. The number of benzene rings is 2. The molecule has 2 aliphatic heterocycles. The summed E-state index contributed by atoms with van der Waals surface area (Å²) in [5, 5.41) is 102. The molecule has 5 rings (SSSR count). The van der Waals surface area contributed by atoms with Gasteiger partial charge in [-0.25, -0.2) is 0 Å². The number of hydrogen-bond acceptors (Lipinski definition) is 15. The second-order valence-corrected chi connectivity index (χ2v) is 9.78. The highest BCUT2D eigenvalue weighted by atomic mass is 16.7. The van der Waals surface area contributed by atoms with Crippen LogP contribution in [0.1, 0.15) is 11.7 Å². The zero-order chi connectivity index (χ0) is 29.7. The third-order valence-corrected chi connectivity index (χ3v) is 7.20. The van der Waals surface area contributed by atoms with Gasteiger partial charge in [-0.3, -0.25) is 4.79 Å². The molecule has 15 nitrogen and oxygen atoms in total. The monoisotopic (exact) mass is 580 g/mol. The maximum Gasteiger partial charge on any atom is 0.197 e. The minimum atomic E-state index is -1.88. The van der Waals surface area contributed by atoms with Crippen LogP contribution in [0.5, 0.6) is 23.0 Å². The van der Waals surface area contributed by atoms with Crippen LogP contribution in [0.15, 0.2) is 39.5 Å². The lowest BCUT2D eigenvalue weighted by atomic mass is 9.89. The fourth-order valence-corrected chi connectivity index (χ4v) is 5.02. The van der Waals surface area contributed by atoms with Crippen molar-refractivity contribution in [3.8, 4) is 34.3 Å². The van der Waals surface area contributed by atoms with Gasteiger partial charge >= 0.3 is 0 Å². The number of phenols is 4. The van der Waals surface area contributed by atoms with E-state index in [-0.39, 0.29) is 16.9 Å². The van der Waals surface area contributed by atoms with Crippen molar-refractivity contribution < 1.29 is 69.7 Å². The number of hydrogen-bond donors (Lipinski definition) is 10. The Balaban J connectivity index is 1.68. The van der Waals surface area contributed by atoms with Crippen molar-refractivity contribution in [1.29, 1.82) is 0 Å². The molecular weight excluding hydrogens is 552 g/mol. The van der Waals surface area contributed by atoms with Gasteiger partial charge in [0.2, 0.25) is 0 Å². The average Bonchev–Trinajstić information content (AvgIpc) is 3.21. The van der Waals surface area contributed by atoms with E-state index in [1.54, 1.807) is 0 Å². The van der Waals surface area contributed by atoms with Crippen molar-refractivity contribution in [2.24, 2.45) is 0 Å². The number of aromatic hydroxyl groups is 4. The molecule has 2 aliphatic rings. The van der Waals surface area contributed by atoms with Crippen LogP contribution in [0.3, 0.4) is 0 Å². The molecule has 3 aromatic rings. The summed E-state index contributed by atoms with van der Waals surface area (Å²) in [6.07, 6.45) is -14.7. The summed E-state index contributed by atoms with van der Waals surface area (Å²) in [4.78, 5) is 13.1. The molecular formula is C26H28O15. The van der Waals surface area contributed by atoms with Crippen LogP contribution >= 0.6 is 0 Å². The van der Waals surface area contributed by atoms with Crippen molar-refractivity contribution >= 4 is 11.0 Å². The zero-order valence-corrected chi connectivity index (χ0v) is 21.0. The summed E-state index contributed by atoms with van der Waals surface area (Å²) >= 11 is 0. The van der Waals surface area contributed by atoms with E-state index < -0.39 is 108 Å². The highest BCUT2D eigenvalue weighted by Gasteiger charge is 2.52. The van der Waals surface area contributed by atoms with Crippen LogP contribution in [0.2, 0.25) is 0 Å². The summed E-state index contributed by atoms with van der Waals surface area (Å²) in [6, 6.07) is 5.33. The van der Waals surface area contributed by atoms with E-state index in [4.69, 9.17) is 18.6 Å². The van der Waals surface area contributed by atoms with Gasteiger partial charge < -0.3 is 69.7 Å². The van der Waals surface area contributed by atoms with E-state index in [0.717, 1.165) is 24.3 Å². The second-order valence-electron chi connectivity index (χ2n) is 9.78. The van der Waals surface area contributed by atoms with Gasteiger partial charge in [-0.2, -0.15) is 0 Å². The van der Waals surface area contributed by atoms with Crippen LogP contribution in [0.25, 0.3) is 22.3 Å². The van der Waals surface area contributed by atoms with Crippen LogP contribution in [0, 0.1) is 0 Å². The van der Waals surface area contributed by atoms with Gasteiger partial charge in [-0.05, 0) is 18.2 Å². The summed E-state index contributed by atoms with van der Waals surface area (Å²) in [6.45, 7) is -1.50. The van der Waals surface area contributed by atoms with Crippen molar-refractivity contribution in [3.05, 3.63) is 46.1 Å². The van der Waals surface area contributed by atoms with Crippen LogP contribution in [-0.4, -0.2) is 113 Å². The van der Waals surface area contributed by atoms with E-state index >= 15 is 0 Å². The van der Waals surface area contributed by atoms with E-state index in [9.17, 15) is 55.9 Å². The minimum Gasteiger partial charge on any atom is -0.507 e. The van der Waals surface area contributed by atoms with Crippen molar-refractivity contribution in [1.82, 2.24) is 0 Å². The van der Waals surface area contributed by atoms with E-state index in [2.05, 4.69) is 0 Å². The third kappa shape index (κ3) is 4.97. The molecule has 0 aliphatic carbocycles. The maximum atomic E-state index is 13.1. The zero-order valence-electron chi connectivity index (χ0n) is 21.0. The van der Waals surface area contributed by atoms with Crippen LogP contribution < -0.4 is 5.43 Å². The minimum absolute atomic E-state index is 0.112. The molecule has 2 aromatic carbocycles. The van der Waals surface area contributed by atoms with Crippen LogP contribution in [0.4, 0.5) is 0 Å². The van der Waals surface area contributed by atoms with Gasteiger partial charge in [0.05, 0.1) is 18.8 Å². The fourth-order valence-electron chi connectivity index (χ4n) is 5.02. The van der Waals surface area contributed by atoms with E-state index in [0.29, 0.717) is 0 Å². The quantitative estimate of drug-likeness (QED) is 0.145. The Labute approximate surface area is 229 Å². The molecule has 2 unspecified atom stereocenters. The first-order valence-electron chi connectivity index (χ1n) is 12.4. The molecule has 0 saturated carbocycles. The highest BCUT2D eigenvalue weighted by molar-refractivity contribution is 5.89. The van der Waals surface area contributed by atoms with Gasteiger partial charge in [-0.15, -0.1) is 0 Å². The summed E-state index contributed by atoms with van der Waals surface area (Å²) in [5.41, 5.74) is -1.53. The summed E-state index contributed by atoms with van der Waals surface area (Å²) in [7, 11) is 0. The first-order chi connectivity index (χ1) is 19.5. The topological polar surface area (TPSA) is 260 Å². The molecule has 2 fully saturated rings. The SMILES string of the molecule is O=c1cc(-c2ccc(O)c(O)c2)oc2c(C3O[C@H](CO)[C@@H](O)[C@H](O)[C@H]3OC3O[C@H](CO)[C@@H](O)[C@@H]3O)c(O)cc(O)c12. The fraction of sp³-hybridized carbons (Fsp3) is 0.423. The summed E-state index contributed by atoms with van der Waals surface area (Å²) < 4.78 is 22.7.